The first-order chi connectivity index (χ1) is 6.33. The fraction of sp³-hybridized carbons (Fsp3) is 0.692. The van der Waals surface area contributed by atoms with Gasteiger partial charge in [0, 0.05) is 0 Å². The van der Waals surface area contributed by atoms with Gasteiger partial charge in [-0.25, -0.2) is 0 Å². The van der Waals surface area contributed by atoms with Gasteiger partial charge in [0.25, 0.3) is 0 Å². The van der Waals surface area contributed by atoms with Crippen LogP contribution in [0.5, 0.6) is 0 Å². The molecule has 0 aromatic carbocycles. The molecule has 0 nitrogen and oxygen atoms in total. The lowest BCUT2D eigenvalue weighted by molar-refractivity contribution is 0.845. The van der Waals surface area contributed by atoms with E-state index < -0.39 is 0 Å². The lowest BCUT2D eigenvalue weighted by Gasteiger charge is -2.09. The van der Waals surface area contributed by atoms with E-state index in [2.05, 4.69) is 26.8 Å². The van der Waals surface area contributed by atoms with E-state index in [0.29, 0.717) is 0 Å². The summed E-state index contributed by atoms with van der Waals surface area (Å²) in [6, 6.07) is 0. The van der Waals surface area contributed by atoms with Crippen molar-refractivity contribution >= 4 is 0 Å². The van der Waals surface area contributed by atoms with Crippen molar-refractivity contribution in [3.63, 3.8) is 0 Å². The minimum Gasteiger partial charge on any atom is -0.0770 e. The van der Waals surface area contributed by atoms with Gasteiger partial charge in [-0.15, -0.1) is 0 Å². The molecule has 13 heavy (non-hydrogen) atoms. The highest BCUT2D eigenvalue weighted by molar-refractivity contribution is 5.42. The first-order valence-electron chi connectivity index (χ1n) is 5.73. The third kappa shape index (κ3) is 2.46. The molecule has 0 spiro atoms. The lowest BCUT2D eigenvalue weighted by Crippen LogP contribution is -1.89. The standard InChI is InChI=1S/C13H22/c1-4-7-12-10-9-11(6-3)13(12)8-5-2/h10H,4-9H2,1-3H3. The zero-order valence-corrected chi connectivity index (χ0v) is 9.32. The van der Waals surface area contributed by atoms with E-state index in [1.807, 2.05) is 0 Å². The van der Waals surface area contributed by atoms with Crippen molar-refractivity contribution in [3.05, 3.63) is 22.8 Å². The van der Waals surface area contributed by atoms with E-state index in [4.69, 9.17) is 0 Å². The third-order valence-corrected chi connectivity index (χ3v) is 2.86. The molecule has 0 unspecified atom stereocenters. The van der Waals surface area contributed by atoms with Crippen molar-refractivity contribution in [2.75, 3.05) is 0 Å². The molecule has 1 aliphatic rings. The van der Waals surface area contributed by atoms with Gasteiger partial charge in [-0.1, -0.05) is 45.3 Å². The number of allylic oxidation sites excluding steroid dienone is 4. The minimum absolute atomic E-state index is 1.24. The van der Waals surface area contributed by atoms with Crippen LogP contribution in [0.3, 0.4) is 0 Å². The van der Waals surface area contributed by atoms with Crippen LogP contribution in [-0.2, 0) is 0 Å². The Kier molecular flexibility index (Phi) is 4.27. The molecule has 0 heterocycles. The van der Waals surface area contributed by atoms with Crippen molar-refractivity contribution in [2.24, 2.45) is 0 Å². The summed E-state index contributed by atoms with van der Waals surface area (Å²) in [5.41, 5.74) is 5.05. The van der Waals surface area contributed by atoms with Crippen LogP contribution in [-0.4, -0.2) is 0 Å². The SMILES string of the molecule is CCCC1=CCC(CC)=C1CCC. The summed E-state index contributed by atoms with van der Waals surface area (Å²) in [6.07, 6.45) is 10.1. The Bertz CT molecular complexity index is 218. The zero-order chi connectivity index (χ0) is 9.68. The second kappa shape index (κ2) is 5.26. The molecule has 0 radical (unpaired) electrons. The number of hydrogen-bond donors (Lipinski definition) is 0. The second-order valence-corrected chi connectivity index (χ2v) is 3.87. The van der Waals surface area contributed by atoms with Gasteiger partial charge in [-0.2, -0.15) is 0 Å². The quantitative estimate of drug-likeness (QED) is 0.576. The predicted molar refractivity (Wildman–Crippen MR) is 59.8 cm³/mol. The molecule has 1 aliphatic carbocycles. The van der Waals surface area contributed by atoms with E-state index in [1.165, 1.54) is 38.5 Å². The van der Waals surface area contributed by atoms with Gasteiger partial charge in [-0.3, -0.25) is 0 Å². The molecule has 0 aliphatic heterocycles. The van der Waals surface area contributed by atoms with Gasteiger partial charge >= 0.3 is 0 Å². The molecule has 0 N–H and O–H groups in total. The topological polar surface area (TPSA) is 0 Å². The summed E-state index contributed by atoms with van der Waals surface area (Å²) in [7, 11) is 0. The summed E-state index contributed by atoms with van der Waals surface area (Å²) in [5.74, 6) is 0. The first kappa shape index (κ1) is 10.6. The molecule has 1 rings (SSSR count). The molecular formula is C13H22. The van der Waals surface area contributed by atoms with Crippen molar-refractivity contribution in [1.29, 1.82) is 0 Å². The van der Waals surface area contributed by atoms with Crippen molar-refractivity contribution < 1.29 is 0 Å². The van der Waals surface area contributed by atoms with Crippen molar-refractivity contribution in [2.45, 2.75) is 59.3 Å². The van der Waals surface area contributed by atoms with Gasteiger partial charge in [0.2, 0.25) is 0 Å². The van der Waals surface area contributed by atoms with E-state index >= 15 is 0 Å². The van der Waals surface area contributed by atoms with Crippen LogP contribution in [0, 0.1) is 0 Å². The van der Waals surface area contributed by atoms with Crippen molar-refractivity contribution in [3.8, 4) is 0 Å². The molecule has 0 atom stereocenters. The van der Waals surface area contributed by atoms with E-state index in [0.717, 1.165) is 0 Å². The average molecular weight is 178 g/mol. The maximum absolute atomic E-state index is 2.45. The highest BCUT2D eigenvalue weighted by Crippen LogP contribution is 2.33. The Morgan fingerprint density at radius 2 is 1.77 bits per heavy atom. The Hall–Kier alpha value is -0.520. The largest absolute Gasteiger partial charge is 0.0770 e. The Labute approximate surface area is 82.7 Å². The molecular weight excluding hydrogens is 156 g/mol. The number of rotatable bonds is 5. The molecule has 0 amide bonds. The summed E-state index contributed by atoms with van der Waals surface area (Å²) in [6.45, 7) is 6.84. The highest BCUT2D eigenvalue weighted by atomic mass is 14.2. The normalized spacial score (nSPS) is 16.7. The van der Waals surface area contributed by atoms with E-state index in [-0.39, 0.29) is 0 Å². The van der Waals surface area contributed by atoms with Gasteiger partial charge in [0.1, 0.15) is 0 Å². The Morgan fingerprint density at radius 1 is 1.08 bits per heavy atom. The smallest absolute Gasteiger partial charge is 0.0127 e. The van der Waals surface area contributed by atoms with Crippen LogP contribution in [0.25, 0.3) is 0 Å². The molecule has 0 aromatic rings. The fourth-order valence-corrected chi connectivity index (χ4v) is 2.19. The van der Waals surface area contributed by atoms with Gasteiger partial charge in [0.15, 0.2) is 0 Å². The van der Waals surface area contributed by atoms with Crippen LogP contribution in [0.15, 0.2) is 22.8 Å². The monoisotopic (exact) mass is 178 g/mol. The van der Waals surface area contributed by atoms with Crippen LogP contribution in [0.1, 0.15) is 59.3 Å². The third-order valence-electron chi connectivity index (χ3n) is 2.86. The minimum atomic E-state index is 1.24. The maximum atomic E-state index is 2.45. The summed E-state index contributed by atoms with van der Waals surface area (Å²) in [5, 5.41) is 0. The van der Waals surface area contributed by atoms with E-state index in [9.17, 15) is 0 Å². The summed E-state index contributed by atoms with van der Waals surface area (Å²) in [4.78, 5) is 0. The zero-order valence-electron chi connectivity index (χ0n) is 9.32. The van der Waals surface area contributed by atoms with Crippen molar-refractivity contribution in [1.82, 2.24) is 0 Å². The molecule has 0 bridgehead atoms. The number of hydrogen-bond acceptors (Lipinski definition) is 0. The van der Waals surface area contributed by atoms with Gasteiger partial charge < -0.3 is 0 Å². The van der Waals surface area contributed by atoms with Gasteiger partial charge in [0.05, 0.1) is 0 Å². The Balaban J connectivity index is 2.70. The molecule has 0 fully saturated rings. The average Bonchev–Trinajstić information content (AvgIpc) is 2.50. The van der Waals surface area contributed by atoms with Crippen LogP contribution < -0.4 is 0 Å². The first-order valence-corrected chi connectivity index (χ1v) is 5.73. The van der Waals surface area contributed by atoms with Crippen LogP contribution >= 0.6 is 0 Å². The van der Waals surface area contributed by atoms with Crippen LogP contribution in [0.2, 0.25) is 0 Å². The fourth-order valence-electron chi connectivity index (χ4n) is 2.19. The summed E-state index contributed by atoms with van der Waals surface area (Å²) >= 11 is 0. The molecule has 0 aromatic heterocycles. The molecule has 0 heteroatoms. The summed E-state index contributed by atoms with van der Waals surface area (Å²) < 4.78 is 0. The maximum Gasteiger partial charge on any atom is -0.0127 e. The lowest BCUT2D eigenvalue weighted by atomic mass is 9.97. The molecule has 0 saturated carbocycles. The van der Waals surface area contributed by atoms with E-state index in [1.54, 1.807) is 16.7 Å². The molecule has 0 saturated heterocycles. The second-order valence-electron chi connectivity index (χ2n) is 3.87. The Morgan fingerprint density at radius 3 is 2.31 bits per heavy atom. The molecule has 74 valence electrons. The van der Waals surface area contributed by atoms with Crippen LogP contribution in [0.4, 0.5) is 0 Å². The highest BCUT2D eigenvalue weighted by Gasteiger charge is 2.14. The van der Waals surface area contributed by atoms with Gasteiger partial charge in [-0.05, 0) is 36.8 Å². The predicted octanol–water partition coefficient (Wildman–Crippen LogP) is 4.62.